The van der Waals surface area contributed by atoms with Gasteiger partial charge in [-0.15, -0.1) is 5.10 Å². The number of carbonyl (C=O) groups is 2. The van der Waals surface area contributed by atoms with Crippen molar-refractivity contribution >= 4 is 40.1 Å². The average molecular weight is 464 g/mol. The van der Waals surface area contributed by atoms with E-state index < -0.39 is 23.5 Å². The van der Waals surface area contributed by atoms with Gasteiger partial charge in [-0.3, -0.25) is 14.5 Å². The minimum atomic E-state index is -1.83. The number of aliphatic hydroxyl groups excluding tert-OH is 1. The monoisotopic (exact) mass is 464 g/mol. The van der Waals surface area contributed by atoms with Crippen molar-refractivity contribution < 1.29 is 24.0 Å². The summed E-state index contributed by atoms with van der Waals surface area (Å²) in [4.78, 5) is 27.5. The molecule has 4 heterocycles. The normalized spacial score (nSPS) is 19.4. The fourth-order valence-electron chi connectivity index (χ4n) is 3.71. The van der Waals surface area contributed by atoms with Gasteiger partial charge in [0.2, 0.25) is 0 Å². The molecule has 0 aliphatic carbocycles. The maximum atomic E-state index is 13.3. The molecule has 1 aliphatic rings. The number of aromatic nitrogens is 5. The largest absolute Gasteiger partial charge is 0.380 e. The molecule has 0 saturated carbocycles. The molecule has 174 valence electrons. The summed E-state index contributed by atoms with van der Waals surface area (Å²) in [5.41, 5.74) is 5.23. The number of aliphatic hydroxyl groups is 1. The highest BCUT2D eigenvalue weighted by Gasteiger charge is 2.51. The third kappa shape index (κ3) is 3.62. The number of carbonyl (C=O) groups excluding carboxylic acids is 2. The van der Waals surface area contributed by atoms with E-state index in [0.29, 0.717) is 28.2 Å². The van der Waals surface area contributed by atoms with Gasteiger partial charge in [0.15, 0.2) is 28.9 Å². The van der Waals surface area contributed by atoms with E-state index >= 15 is 0 Å². The third-order valence-corrected chi connectivity index (χ3v) is 5.61. The molecule has 3 aromatic heterocycles. The predicted octanol–water partition coefficient (Wildman–Crippen LogP) is 0.507. The van der Waals surface area contributed by atoms with Crippen molar-refractivity contribution in [1.29, 1.82) is 0 Å². The average Bonchev–Trinajstić information content (AvgIpc) is 3.48. The summed E-state index contributed by atoms with van der Waals surface area (Å²) in [5.74, 6) is -0.849. The molecule has 1 saturated heterocycles. The van der Waals surface area contributed by atoms with Crippen molar-refractivity contribution in [2.75, 3.05) is 29.1 Å². The zero-order chi connectivity index (χ0) is 23.9. The molecule has 2 unspecified atom stereocenters. The Labute approximate surface area is 192 Å². The third-order valence-electron chi connectivity index (χ3n) is 5.61. The highest BCUT2D eigenvalue weighted by Crippen LogP contribution is 2.29. The first-order chi connectivity index (χ1) is 16.4. The maximum absolute atomic E-state index is 13.3. The summed E-state index contributed by atoms with van der Waals surface area (Å²) in [5, 5.41) is 29.6. The number of nitrogens with one attached hydrogen (secondary N) is 1. The van der Waals surface area contributed by atoms with Crippen LogP contribution in [-0.4, -0.2) is 66.9 Å². The second kappa shape index (κ2) is 8.20. The van der Waals surface area contributed by atoms with Crippen LogP contribution in [-0.2, 0) is 14.3 Å². The van der Waals surface area contributed by atoms with Crippen molar-refractivity contribution in [3.8, 4) is 5.69 Å². The van der Waals surface area contributed by atoms with Gasteiger partial charge in [0, 0.05) is 24.0 Å². The molecular weight excluding hydrogens is 444 g/mol. The van der Waals surface area contributed by atoms with Crippen LogP contribution < -0.4 is 16.0 Å². The Morgan fingerprint density at radius 3 is 2.94 bits per heavy atom. The Morgan fingerprint density at radius 1 is 1.29 bits per heavy atom. The van der Waals surface area contributed by atoms with Crippen molar-refractivity contribution in [2.45, 2.75) is 18.6 Å². The van der Waals surface area contributed by atoms with E-state index in [4.69, 9.17) is 15.0 Å². The lowest BCUT2D eigenvalue weighted by Gasteiger charge is -2.40. The fraction of sp³-hybridized carbons (Fsp3) is 0.238. The van der Waals surface area contributed by atoms with Crippen LogP contribution in [0.3, 0.4) is 0 Å². The molecule has 1 fully saturated rings. The maximum Gasteiger partial charge on any atom is 0.263 e. The molecule has 2 atom stereocenters. The number of anilines is 3. The van der Waals surface area contributed by atoms with Gasteiger partial charge in [-0.1, -0.05) is 5.16 Å². The summed E-state index contributed by atoms with van der Waals surface area (Å²) < 4.78 is 12.2. The molecule has 0 radical (unpaired) electrons. The minimum Gasteiger partial charge on any atom is -0.380 e. The summed E-state index contributed by atoms with van der Waals surface area (Å²) >= 11 is 0. The first kappa shape index (κ1) is 21.5. The SMILES string of the molecule is CC1(C(O)C(=O)Nc2ccc3c(N)noc3c2)OCCN(c2ccn(-c3ccnnc3)n2)C1=O. The number of hydrogen-bond acceptors (Lipinski definition) is 10. The number of fused-ring (bicyclic) bond motifs is 1. The van der Waals surface area contributed by atoms with E-state index in [1.807, 2.05) is 0 Å². The lowest BCUT2D eigenvalue weighted by atomic mass is 9.94. The lowest BCUT2D eigenvalue weighted by molar-refractivity contribution is -0.170. The number of rotatable bonds is 5. The summed E-state index contributed by atoms with van der Waals surface area (Å²) in [6.07, 6.45) is 2.92. The molecular formula is C21H20N8O5. The number of nitrogen functional groups attached to an aromatic ring is 1. The number of benzene rings is 1. The smallest absolute Gasteiger partial charge is 0.263 e. The Hall–Kier alpha value is -4.36. The van der Waals surface area contributed by atoms with Gasteiger partial charge in [0.05, 0.1) is 36.6 Å². The quantitative estimate of drug-likeness (QED) is 0.377. The van der Waals surface area contributed by atoms with E-state index in [1.54, 1.807) is 35.1 Å². The minimum absolute atomic E-state index is 0.0968. The van der Waals surface area contributed by atoms with E-state index in [-0.39, 0.29) is 19.0 Å². The van der Waals surface area contributed by atoms with Crippen LogP contribution in [0.25, 0.3) is 16.7 Å². The highest BCUT2D eigenvalue weighted by atomic mass is 16.5. The van der Waals surface area contributed by atoms with Gasteiger partial charge < -0.3 is 25.4 Å². The van der Waals surface area contributed by atoms with Crippen LogP contribution in [0.1, 0.15) is 6.92 Å². The number of nitrogens with zero attached hydrogens (tertiary/aromatic N) is 6. The second-order valence-corrected chi connectivity index (χ2v) is 7.80. The molecule has 13 heteroatoms. The van der Waals surface area contributed by atoms with Gasteiger partial charge in [-0.2, -0.15) is 10.2 Å². The standard InChI is InChI=1S/C21H20N8O5/c1-21(17(30)19(31)25-12-2-3-14-15(10-12)34-27-18(14)22)20(32)28(8-9-33-21)16-5-7-29(26-16)13-4-6-23-24-11-13/h2-7,10-11,17,30H,8-9H2,1H3,(H2,22,27)(H,25,31). The predicted molar refractivity (Wildman–Crippen MR) is 119 cm³/mol. The molecule has 1 aromatic carbocycles. The number of morpholine rings is 1. The molecule has 0 bridgehead atoms. The first-order valence-electron chi connectivity index (χ1n) is 10.3. The Kier molecular flexibility index (Phi) is 5.18. The molecule has 0 spiro atoms. The van der Waals surface area contributed by atoms with Crippen molar-refractivity contribution in [2.24, 2.45) is 0 Å². The summed E-state index contributed by atoms with van der Waals surface area (Å²) in [6, 6.07) is 8.09. The van der Waals surface area contributed by atoms with Gasteiger partial charge >= 0.3 is 0 Å². The van der Waals surface area contributed by atoms with Crippen LogP contribution >= 0.6 is 0 Å². The lowest BCUT2D eigenvalue weighted by Crippen LogP contribution is -2.63. The molecule has 5 rings (SSSR count). The van der Waals surface area contributed by atoms with Crippen molar-refractivity contribution in [3.05, 3.63) is 48.9 Å². The van der Waals surface area contributed by atoms with Crippen LogP contribution in [0.15, 0.2) is 53.4 Å². The Balaban J connectivity index is 1.34. The van der Waals surface area contributed by atoms with Gasteiger partial charge in [-0.25, -0.2) is 4.68 Å². The number of hydrogen-bond donors (Lipinski definition) is 3. The summed E-state index contributed by atoms with van der Waals surface area (Å²) in [7, 11) is 0. The number of ether oxygens (including phenoxy) is 1. The number of nitrogens with two attached hydrogens (primary N) is 1. The van der Waals surface area contributed by atoms with Gasteiger partial charge in [0.25, 0.3) is 11.8 Å². The van der Waals surface area contributed by atoms with E-state index in [9.17, 15) is 14.7 Å². The topological polar surface area (TPSA) is 175 Å². The second-order valence-electron chi connectivity index (χ2n) is 7.80. The first-order valence-corrected chi connectivity index (χ1v) is 10.3. The Bertz CT molecular complexity index is 1370. The van der Waals surface area contributed by atoms with Crippen molar-refractivity contribution in [1.82, 2.24) is 25.1 Å². The fourth-order valence-corrected chi connectivity index (χ4v) is 3.71. The van der Waals surface area contributed by atoms with Crippen molar-refractivity contribution in [3.63, 3.8) is 0 Å². The van der Waals surface area contributed by atoms with Crippen LogP contribution in [0, 0.1) is 0 Å². The van der Waals surface area contributed by atoms with Crippen LogP contribution in [0.4, 0.5) is 17.3 Å². The highest BCUT2D eigenvalue weighted by molar-refractivity contribution is 6.06. The van der Waals surface area contributed by atoms with Crippen LogP contribution in [0.2, 0.25) is 0 Å². The molecule has 2 amide bonds. The van der Waals surface area contributed by atoms with Crippen LogP contribution in [0.5, 0.6) is 0 Å². The Morgan fingerprint density at radius 2 is 2.15 bits per heavy atom. The molecule has 4 N–H and O–H groups in total. The summed E-state index contributed by atoms with van der Waals surface area (Å²) in [6.45, 7) is 1.67. The van der Waals surface area contributed by atoms with E-state index in [2.05, 4.69) is 25.8 Å². The molecule has 4 aromatic rings. The van der Waals surface area contributed by atoms with E-state index in [1.165, 1.54) is 30.3 Å². The number of amides is 2. The van der Waals surface area contributed by atoms with Gasteiger partial charge in [0.1, 0.15) is 0 Å². The van der Waals surface area contributed by atoms with Gasteiger partial charge in [-0.05, 0) is 25.1 Å². The zero-order valence-corrected chi connectivity index (χ0v) is 18.0. The molecule has 1 aliphatic heterocycles. The zero-order valence-electron chi connectivity index (χ0n) is 18.0. The molecule has 13 nitrogen and oxygen atoms in total. The van der Waals surface area contributed by atoms with E-state index in [0.717, 1.165) is 0 Å². The molecule has 34 heavy (non-hydrogen) atoms.